The normalized spacial score (nSPS) is 39.8. The first-order valence-electron chi connectivity index (χ1n) is 4.09. The molecule has 0 bridgehead atoms. The summed E-state index contributed by atoms with van der Waals surface area (Å²) in [6.07, 6.45) is -4.92. The minimum absolute atomic E-state index is 0.0878. The van der Waals surface area contributed by atoms with E-state index in [9.17, 15) is 14.8 Å². The smallest absolute Gasteiger partial charge is 0.390 e. The van der Waals surface area contributed by atoms with E-state index in [1.807, 2.05) is 0 Å². The zero-order chi connectivity index (χ0) is 10.9. The maximum Gasteiger partial charge on any atom is 0.469 e. The Balaban J connectivity index is 2.60. The van der Waals surface area contributed by atoms with E-state index >= 15 is 0 Å². The van der Waals surface area contributed by atoms with Gasteiger partial charge in [0, 0.05) is 0 Å². The van der Waals surface area contributed by atoms with Crippen molar-refractivity contribution in [3.05, 3.63) is 0 Å². The molecule has 1 fully saturated rings. The van der Waals surface area contributed by atoms with Crippen LogP contribution in [0.5, 0.6) is 0 Å². The summed E-state index contributed by atoms with van der Waals surface area (Å²) in [5, 5.41) is 27.6. The molecule has 1 rings (SSSR count). The molecule has 5 N–H and O–H groups in total. The monoisotopic (exact) mass is 228 g/mol. The lowest BCUT2D eigenvalue weighted by Crippen LogP contribution is -2.49. The standard InChI is InChI=1S/C6H13O7P/c7-3-1-2-4(6(9)5(3)8)13-14(10,11)12/h3-9H,1-2H2,(H2,10,11,12). The van der Waals surface area contributed by atoms with Gasteiger partial charge in [0.15, 0.2) is 0 Å². The number of rotatable bonds is 2. The highest BCUT2D eigenvalue weighted by atomic mass is 31.2. The average molecular weight is 228 g/mol. The van der Waals surface area contributed by atoms with Crippen molar-refractivity contribution in [2.45, 2.75) is 37.3 Å². The number of phosphoric acid groups is 1. The summed E-state index contributed by atoms with van der Waals surface area (Å²) >= 11 is 0. The van der Waals surface area contributed by atoms with Crippen LogP contribution >= 0.6 is 7.82 Å². The second-order valence-corrected chi connectivity index (χ2v) is 4.45. The fourth-order valence-corrected chi connectivity index (χ4v) is 2.00. The molecule has 0 radical (unpaired) electrons. The fourth-order valence-electron chi connectivity index (χ4n) is 1.42. The molecule has 0 spiro atoms. The van der Waals surface area contributed by atoms with Crippen molar-refractivity contribution in [1.29, 1.82) is 0 Å². The predicted octanol–water partition coefficient (Wildman–Crippen LogP) is -1.66. The molecular formula is C6H13O7P. The summed E-state index contributed by atoms with van der Waals surface area (Å²) < 4.78 is 14.7. The van der Waals surface area contributed by atoms with Crippen molar-refractivity contribution in [3.8, 4) is 0 Å². The lowest BCUT2D eigenvalue weighted by Gasteiger charge is -2.34. The number of hydrogen-bond donors (Lipinski definition) is 5. The molecule has 7 nitrogen and oxygen atoms in total. The van der Waals surface area contributed by atoms with Gasteiger partial charge in [0.25, 0.3) is 0 Å². The number of aliphatic hydroxyl groups excluding tert-OH is 3. The molecule has 1 aliphatic carbocycles. The highest BCUT2D eigenvalue weighted by Gasteiger charge is 2.39. The Kier molecular flexibility index (Phi) is 3.65. The molecule has 0 heterocycles. The van der Waals surface area contributed by atoms with Crippen molar-refractivity contribution in [2.75, 3.05) is 0 Å². The Bertz CT molecular complexity index is 238. The Morgan fingerprint density at radius 3 is 2.14 bits per heavy atom. The molecule has 84 valence electrons. The van der Waals surface area contributed by atoms with Gasteiger partial charge in [0.2, 0.25) is 0 Å². The van der Waals surface area contributed by atoms with Gasteiger partial charge in [-0.2, -0.15) is 0 Å². The van der Waals surface area contributed by atoms with Crippen molar-refractivity contribution in [3.63, 3.8) is 0 Å². The van der Waals surface area contributed by atoms with E-state index in [1.165, 1.54) is 0 Å². The van der Waals surface area contributed by atoms with Crippen LogP contribution in [0.2, 0.25) is 0 Å². The van der Waals surface area contributed by atoms with E-state index in [2.05, 4.69) is 4.52 Å². The first-order chi connectivity index (χ1) is 6.31. The zero-order valence-corrected chi connectivity index (χ0v) is 8.12. The van der Waals surface area contributed by atoms with Gasteiger partial charge in [-0.25, -0.2) is 4.57 Å². The van der Waals surface area contributed by atoms with Crippen molar-refractivity contribution < 1.29 is 34.2 Å². The van der Waals surface area contributed by atoms with Crippen LogP contribution in [-0.4, -0.2) is 49.5 Å². The topological polar surface area (TPSA) is 127 Å². The quantitative estimate of drug-likeness (QED) is 0.358. The molecule has 0 aromatic carbocycles. The van der Waals surface area contributed by atoms with Gasteiger partial charge in [-0.1, -0.05) is 0 Å². The van der Waals surface area contributed by atoms with Crippen LogP contribution in [0.25, 0.3) is 0 Å². The predicted molar refractivity (Wildman–Crippen MR) is 44.2 cm³/mol. The van der Waals surface area contributed by atoms with Crippen LogP contribution < -0.4 is 0 Å². The van der Waals surface area contributed by atoms with Crippen molar-refractivity contribution >= 4 is 7.82 Å². The fraction of sp³-hybridized carbons (Fsp3) is 1.00. The molecule has 8 heteroatoms. The van der Waals surface area contributed by atoms with Gasteiger partial charge in [-0.05, 0) is 12.8 Å². The van der Waals surface area contributed by atoms with E-state index in [4.69, 9.17) is 14.9 Å². The maximum absolute atomic E-state index is 10.5. The minimum Gasteiger partial charge on any atom is -0.390 e. The van der Waals surface area contributed by atoms with Crippen LogP contribution in [0.15, 0.2) is 0 Å². The molecule has 0 aromatic heterocycles. The summed E-state index contributed by atoms with van der Waals surface area (Å²) in [6, 6.07) is 0. The second kappa shape index (κ2) is 4.24. The minimum atomic E-state index is -4.67. The van der Waals surface area contributed by atoms with Crippen LogP contribution in [0.4, 0.5) is 0 Å². The largest absolute Gasteiger partial charge is 0.469 e. The number of aliphatic hydroxyl groups is 3. The molecular weight excluding hydrogens is 215 g/mol. The summed E-state index contributed by atoms with van der Waals surface area (Å²) in [5.41, 5.74) is 0. The van der Waals surface area contributed by atoms with Gasteiger partial charge in [0.1, 0.15) is 12.2 Å². The van der Waals surface area contributed by atoms with Gasteiger partial charge in [-0.15, -0.1) is 0 Å². The first kappa shape index (κ1) is 12.1. The Morgan fingerprint density at radius 1 is 1.07 bits per heavy atom. The Hall–Kier alpha value is -0.0100. The molecule has 1 aliphatic rings. The molecule has 1 saturated carbocycles. The molecule has 0 saturated heterocycles. The molecule has 14 heavy (non-hydrogen) atoms. The summed E-state index contributed by atoms with van der Waals surface area (Å²) in [5.74, 6) is 0. The number of hydrogen-bond acceptors (Lipinski definition) is 5. The van der Waals surface area contributed by atoms with Crippen LogP contribution in [-0.2, 0) is 9.09 Å². The van der Waals surface area contributed by atoms with E-state index in [-0.39, 0.29) is 12.8 Å². The highest BCUT2D eigenvalue weighted by molar-refractivity contribution is 7.46. The van der Waals surface area contributed by atoms with Gasteiger partial charge < -0.3 is 25.1 Å². The third-order valence-electron chi connectivity index (χ3n) is 2.14. The lowest BCUT2D eigenvalue weighted by molar-refractivity contribution is -0.132. The van der Waals surface area contributed by atoms with E-state index in [0.717, 1.165) is 0 Å². The number of phosphoric ester groups is 1. The zero-order valence-electron chi connectivity index (χ0n) is 7.22. The SMILES string of the molecule is O=P(O)(O)OC1CCC(O)C(O)C1O. The molecule has 0 aliphatic heterocycles. The van der Waals surface area contributed by atoms with Gasteiger partial charge in [-0.3, -0.25) is 4.52 Å². The van der Waals surface area contributed by atoms with Crippen molar-refractivity contribution in [1.82, 2.24) is 0 Å². The van der Waals surface area contributed by atoms with E-state index < -0.39 is 32.2 Å². The average Bonchev–Trinajstić information content (AvgIpc) is 2.04. The Labute approximate surface area is 80.2 Å². The van der Waals surface area contributed by atoms with Gasteiger partial charge >= 0.3 is 7.82 Å². The molecule has 0 aromatic rings. The lowest BCUT2D eigenvalue weighted by atomic mass is 9.90. The maximum atomic E-state index is 10.5. The third-order valence-corrected chi connectivity index (χ3v) is 2.69. The Morgan fingerprint density at radius 2 is 1.64 bits per heavy atom. The third kappa shape index (κ3) is 2.99. The highest BCUT2D eigenvalue weighted by Crippen LogP contribution is 2.41. The van der Waals surface area contributed by atoms with Crippen LogP contribution in [0.1, 0.15) is 12.8 Å². The molecule has 4 atom stereocenters. The first-order valence-corrected chi connectivity index (χ1v) is 5.62. The summed E-state index contributed by atoms with van der Waals surface area (Å²) in [6.45, 7) is 0. The van der Waals surface area contributed by atoms with E-state index in [1.54, 1.807) is 0 Å². The molecule has 0 amide bonds. The molecule has 4 unspecified atom stereocenters. The second-order valence-electron chi connectivity index (χ2n) is 3.26. The van der Waals surface area contributed by atoms with Gasteiger partial charge in [0.05, 0.1) is 12.2 Å². The van der Waals surface area contributed by atoms with Crippen LogP contribution in [0.3, 0.4) is 0 Å². The summed E-state index contributed by atoms with van der Waals surface area (Å²) in [4.78, 5) is 16.9. The van der Waals surface area contributed by atoms with Crippen LogP contribution in [0, 0.1) is 0 Å². The summed E-state index contributed by atoms with van der Waals surface area (Å²) in [7, 11) is -4.67. The van der Waals surface area contributed by atoms with Crippen molar-refractivity contribution in [2.24, 2.45) is 0 Å². The van der Waals surface area contributed by atoms with E-state index in [0.29, 0.717) is 0 Å².